The Kier molecular flexibility index (Phi) is 6.79. The van der Waals surface area contributed by atoms with E-state index in [4.69, 9.17) is 9.47 Å². The number of rotatable bonds is 9. The molecule has 30 heavy (non-hydrogen) atoms. The van der Waals surface area contributed by atoms with Gasteiger partial charge in [0.05, 0.1) is 11.9 Å². The van der Waals surface area contributed by atoms with Crippen molar-refractivity contribution in [3.05, 3.63) is 64.4 Å². The van der Waals surface area contributed by atoms with E-state index >= 15 is 0 Å². The van der Waals surface area contributed by atoms with E-state index in [0.29, 0.717) is 29.7 Å². The van der Waals surface area contributed by atoms with Gasteiger partial charge in [-0.1, -0.05) is 29.5 Å². The van der Waals surface area contributed by atoms with E-state index in [-0.39, 0.29) is 24.6 Å². The second kappa shape index (κ2) is 9.49. The van der Waals surface area contributed by atoms with Crippen LogP contribution in [0.4, 0.5) is 0 Å². The van der Waals surface area contributed by atoms with Crippen LogP contribution in [0.15, 0.2) is 53.3 Å². The van der Waals surface area contributed by atoms with Crippen molar-refractivity contribution in [2.24, 2.45) is 0 Å². The van der Waals surface area contributed by atoms with Crippen molar-refractivity contribution in [3.8, 4) is 5.75 Å². The number of hydrogen-bond acceptors (Lipinski definition) is 6. The van der Waals surface area contributed by atoms with E-state index in [0.717, 1.165) is 5.56 Å². The molecule has 3 aromatic rings. The molecule has 1 N–H and O–H groups in total. The fourth-order valence-electron chi connectivity index (χ4n) is 3.29. The smallest absolute Gasteiger partial charge is 0.277 e. The highest BCUT2D eigenvalue weighted by molar-refractivity contribution is 5.84. The third-order valence-electron chi connectivity index (χ3n) is 4.84. The highest BCUT2D eigenvalue weighted by Crippen LogP contribution is 2.20. The zero-order valence-corrected chi connectivity index (χ0v) is 17.4. The van der Waals surface area contributed by atoms with Gasteiger partial charge in [-0.25, -0.2) is 4.68 Å². The number of fused-ring (bicyclic) bond motifs is 1. The van der Waals surface area contributed by atoms with Crippen LogP contribution < -0.4 is 15.6 Å². The van der Waals surface area contributed by atoms with Gasteiger partial charge in [-0.2, -0.15) is 0 Å². The van der Waals surface area contributed by atoms with Crippen LogP contribution >= 0.6 is 0 Å². The topological polar surface area (TPSA) is 95.3 Å². The molecular formula is C22H26N4O4. The van der Waals surface area contributed by atoms with E-state index in [1.54, 1.807) is 32.2 Å². The molecule has 8 heteroatoms. The van der Waals surface area contributed by atoms with Crippen LogP contribution in [-0.4, -0.2) is 46.8 Å². The van der Waals surface area contributed by atoms with Crippen molar-refractivity contribution in [2.75, 3.05) is 20.3 Å². The summed E-state index contributed by atoms with van der Waals surface area (Å²) in [6.45, 7) is 4.66. The van der Waals surface area contributed by atoms with Crippen LogP contribution in [0.5, 0.6) is 5.75 Å². The third kappa shape index (κ3) is 4.83. The molecule has 0 saturated carbocycles. The Morgan fingerprint density at radius 3 is 2.60 bits per heavy atom. The van der Waals surface area contributed by atoms with E-state index < -0.39 is 5.60 Å². The van der Waals surface area contributed by atoms with Crippen LogP contribution in [-0.2, 0) is 22.5 Å². The summed E-state index contributed by atoms with van der Waals surface area (Å²) in [6.07, 6.45) is 0.447. The number of nitrogens with one attached hydrogen (secondary N) is 1. The van der Waals surface area contributed by atoms with E-state index in [1.165, 1.54) is 4.68 Å². The molecule has 1 atom stereocenters. The Bertz CT molecular complexity index is 1060. The number of ether oxygens (including phenoxy) is 2. The van der Waals surface area contributed by atoms with Gasteiger partial charge in [-0.15, -0.1) is 5.10 Å². The van der Waals surface area contributed by atoms with Gasteiger partial charge in [0.25, 0.3) is 11.5 Å². The molecule has 0 aliphatic carbocycles. The molecule has 0 fully saturated rings. The number of hydrogen-bond donors (Lipinski definition) is 1. The highest BCUT2D eigenvalue weighted by atomic mass is 16.5. The van der Waals surface area contributed by atoms with Crippen molar-refractivity contribution in [3.63, 3.8) is 0 Å². The lowest BCUT2D eigenvalue weighted by molar-refractivity contribution is -0.143. The van der Waals surface area contributed by atoms with Crippen molar-refractivity contribution >= 4 is 16.8 Å². The molecule has 0 aliphatic heterocycles. The predicted octanol–water partition coefficient (Wildman–Crippen LogP) is 1.95. The molecule has 0 bridgehead atoms. The Morgan fingerprint density at radius 2 is 1.90 bits per heavy atom. The SMILES string of the molecule is CCOC(C)(Cc1ccc(OCCn2nnc3ccccc3c2=O)cc1)C(=O)NC. The average Bonchev–Trinajstić information content (AvgIpc) is 2.76. The lowest BCUT2D eigenvalue weighted by atomic mass is 9.95. The summed E-state index contributed by atoms with van der Waals surface area (Å²) in [7, 11) is 1.60. The largest absolute Gasteiger partial charge is 0.492 e. The molecule has 0 spiro atoms. The Hall–Kier alpha value is -3.26. The Labute approximate surface area is 174 Å². The summed E-state index contributed by atoms with van der Waals surface area (Å²) in [4.78, 5) is 24.6. The number of likely N-dealkylation sites (N-methyl/N-ethyl adjacent to an activating group) is 1. The molecule has 0 aliphatic rings. The van der Waals surface area contributed by atoms with Gasteiger partial charge in [-0.05, 0) is 43.7 Å². The second-order valence-corrected chi connectivity index (χ2v) is 7.05. The lowest BCUT2D eigenvalue weighted by Crippen LogP contribution is -2.47. The molecule has 1 unspecified atom stereocenters. The first-order valence-electron chi connectivity index (χ1n) is 9.87. The summed E-state index contributed by atoms with van der Waals surface area (Å²) in [5.41, 5.74) is 0.412. The summed E-state index contributed by atoms with van der Waals surface area (Å²) in [5.74, 6) is 0.505. The van der Waals surface area contributed by atoms with Gasteiger partial charge in [0.1, 0.15) is 23.5 Å². The summed E-state index contributed by atoms with van der Waals surface area (Å²) in [5, 5.41) is 11.2. The molecule has 1 amide bonds. The number of amides is 1. The van der Waals surface area contributed by atoms with E-state index in [9.17, 15) is 9.59 Å². The minimum atomic E-state index is -0.929. The minimum absolute atomic E-state index is 0.161. The van der Waals surface area contributed by atoms with Gasteiger partial charge < -0.3 is 14.8 Å². The standard InChI is InChI=1S/C22H26N4O4/c1-4-30-22(2,21(28)23-3)15-16-9-11-17(12-10-16)29-14-13-26-20(27)18-7-5-6-8-19(18)24-25-26/h5-12H,4,13-15H2,1-3H3,(H,23,28). The Balaban J connectivity index is 1.60. The number of benzene rings is 2. The maximum atomic E-state index is 12.4. The zero-order chi connectivity index (χ0) is 21.6. The normalized spacial score (nSPS) is 13.0. The first-order chi connectivity index (χ1) is 14.5. The predicted molar refractivity (Wildman–Crippen MR) is 114 cm³/mol. The summed E-state index contributed by atoms with van der Waals surface area (Å²) >= 11 is 0. The lowest BCUT2D eigenvalue weighted by Gasteiger charge is -2.27. The maximum absolute atomic E-state index is 12.4. The highest BCUT2D eigenvalue weighted by Gasteiger charge is 2.33. The van der Waals surface area contributed by atoms with Gasteiger partial charge in [0.2, 0.25) is 0 Å². The van der Waals surface area contributed by atoms with Crippen molar-refractivity contribution < 1.29 is 14.3 Å². The molecule has 1 heterocycles. The fraction of sp³-hybridized carbons (Fsp3) is 0.364. The number of nitrogens with zero attached hydrogens (tertiary/aromatic N) is 3. The van der Waals surface area contributed by atoms with Crippen LogP contribution in [0.2, 0.25) is 0 Å². The molecule has 1 aromatic heterocycles. The van der Waals surface area contributed by atoms with Crippen LogP contribution in [0.25, 0.3) is 10.9 Å². The molecule has 3 rings (SSSR count). The summed E-state index contributed by atoms with van der Waals surface area (Å²) in [6, 6.07) is 14.6. The van der Waals surface area contributed by atoms with Crippen LogP contribution in [0.3, 0.4) is 0 Å². The van der Waals surface area contributed by atoms with Crippen LogP contribution in [0, 0.1) is 0 Å². The monoisotopic (exact) mass is 410 g/mol. The van der Waals surface area contributed by atoms with Crippen molar-refractivity contribution in [1.29, 1.82) is 0 Å². The third-order valence-corrected chi connectivity index (χ3v) is 4.84. The summed E-state index contributed by atoms with van der Waals surface area (Å²) < 4.78 is 12.7. The molecule has 2 aromatic carbocycles. The molecule has 158 valence electrons. The van der Waals surface area contributed by atoms with Gasteiger partial charge >= 0.3 is 0 Å². The minimum Gasteiger partial charge on any atom is -0.492 e. The fourth-order valence-corrected chi connectivity index (χ4v) is 3.29. The Morgan fingerprint density at radius 1 is 1.17 bits per heavy atom. The molecule has 8 nitrogen and oxygen atoms in total. The maximum Gasteiger partial charge on any atom is 0.277 e. The number of aromatic nitrogens is 3. The average molecular weight is 410 g/mol. The van der Waals surface area contributed by atoms with Crippen molar-refractivity contribution in [2.45, 2.75) is 32.4 Å². The van der Waals surface area contributed by atoms with E-state index in [2.05, 4.69) is 15.6 Å². The molecule has 0 radical (unpaired) electrons. The first kappa shape index (κ1) is 21.4. The van der Waals surface area contributed by atoms with Gasteiger partial charge in [0.15, 0.2) is 0 Å². The molecule has 0 saturated heterocycles. The number of carbonyl (C=O) groups is 1. The second-order valence-electron chi connectivity index (χ2n) is 7.05. The van der Waals surface area contributed by atoms with Gasteiger partial charge in [-0.3, -0.25) is 9.59 Å². The van der Waals surface area contributed by atoms with E-state index in [1.807, 2.05) is 37.3 Å². The first-order valence-corrected chi connectivity index (χ1v) is 9.87. The molecular weight excluding hydrogens is 384 g/mol. The quantitative estimate of drug-likeness (QED) is 0.579. The zero-order valence-electron chi connectivity index (χ0n) is 17.4. The van der Waals surface area contributed by atoms with Crippen LogP contribution in [0.1, 0.15) is 19.4 Å². The van der Waals surface area contributed by atoms with Gasteiger partial charge in [0, 0.05) is 20.1 Å². The van der Waals surface area contributed by atoms with Crippen molar-refractivity contribution in [1.82, 2.24) is 20.3 Å². The number of carbonyl (C=O) groups excluding carboxylic acids is 1.